The molecule has 25 heavy (non-hydrogen) atoms. The van der Waals surface area contributed by atoms with Crippen molar-refractivity contribution in [2.24, 2.45) is 0 Å². The van der Waals surface area contributed by atoms with Gasteiger partial charge in [-0.25, -0.2) is 4.98 Å². The Morgan fingerprint density at radius 3 is 2.68 bits per heavy atom. The fraction of sp³-hybridized carbons (Fsp3) is 0.526. The third-order valence-electron chi connectivity index (χ3n) is 5.04. The van der Waals surface area contributed by atoms with Gasteiger partial charge in [0.1, 0.15) is 0 Å². The number of hydrogen-bond donors (Lipinski definition) is 1. The molecular weight excluding hydrogens is 334 g/mol. The van der Waals surface area contributed by atoms with Crippen LogP contribution in [0.1, 0.15) is 51.5 Å². The first-order chi connectivity index (χ1) is 12.1. The second-order valence-electron chi connectivity index (χ2n) is 7.07. The van der Waals surface area contributed by atoms with E-state index in [0.717, 1.165) is 25.7 Å². The Bertz CT molecular complexity index is 853. The zero-order chi connectivity index (χ0) is 17.4. The van der Waals surface area contributed by atoms with Gasteiger partial charge in [0.15, 0.2) is 5.16 Å². The van der Waals surface area contributed by atoms with Gasteiger partial charge in [-0.1, -0.05) is 36.7 Å². The predicted octanol–water partition coefficient (Wildman–Crippen LogP) is 3.27. The van der Waals surface area contributed by atoms with Crippen LogP contribution in [0.3, 0.4) is 0 Å². The van der Waals surface area contributed by atoms with Crippen LogP contribution in [0.2, 0.25) is 0 Å². The van der Waals surface area contributed by atoms with Gasteiger partial charge >= 0.3 is 0 Å². The van der Waals surface area contributed by atoms with E-state index in [2.05, 4.69) is 5.32 Å². The molecule has 1 aromatic heterocycles. The van der Waals surface area contributed by atoms with Crippen LogP contribution in [0.15, 0.2) is 34.2 Å². The minimum Gasteiger partial charge on any atom is -0.352 e. The zero-order valence-corrected chi connectivity index (χ0v) is 15.2. The molecule has 0 unspecified atom stereocenters. The number of carbonyl (C=O) groups excluding carboxylic acids is 1. The number of rotatable bonds is 5. The molecule has 1 amide bonds. The lowest BCUT2D eigenvalue weighted by Crippen LogP contribution is -2.38. The lowest BCUT2D eigenvalue weighted by Gasteiger charge is -2.18. The average molecular weight is 357 g/mol. The summed E-state index contributed by atoms with van der Waals surface area (Å²) in [4.78, 5) is 30.1. The third-order valence-corrected chi connectivity index (χ3v) is 6.11. The van der Waals surface area contributed by atoms with Gasteiger partial charge in [-0.15, -0.1) is 0 Å². The number of nitrogens with zero attached hydrogens (tertiary/aromatic N) is 2. The van der Waals surface area contributed by atoms with Crippen molar-refractivity contribution < 1.29 is 4.79 Å². The summed E-state index contributed by atoms with van der Waals surface area (Å²) >= 11 is 1.40. The van der Waals surface area contributed by atoms with E-state index in [9.17, 15) is 9.59 Å². The average Bonchev–Trinajstić information content (AvgIpc) is 3.31. The molecule has 2 aliphatic carbocycles. The first kappa shape index (κ1) is 16.6. The monoisotopic (exact) mass is 357 g/mol. The highest BCUT2D eigenvalue weighted by Gasteiger charge is 2.30. The largest absolute Gasteiger partial charge is 0.352 e. The fourth-order valence-corrected chi connectivity index (χ4v) is 4.45. The van der Waals surface area contributed by atoms with E-state index < -0.39 is 0 Å². The highest BCUT2D eigenvalue weighted by molar-refractivity contribution is 8.00. The number of benzene rings is 1. The summed E-state index contributed by atoms with van der Waals surface area (Å²) < 4.78 is 1.80. The highest BCUT2D eigenvalue weighted by Crippen LogP contribution is 2.37. The number of carbonyl (C=O) groups is 1. The molecule has 2 aromatic rings. The summed E-state index contributed by atoms with van der Waals surface area (Å²) in [6.45, 7) is 1.90. The second-order valence-corrected chi connectivity index (χ2v) is 8.38. The van der Waals surface area contributed by atoms with Crippen molar-refractivity contribution >= 4 is 28.6 Å². The normalized spacial score (nSPS) is 19.2. The lowest BCUT2D eigenvalue weighted by atomic mass is 10.2. The van der Waals surface area contributed by atoms with Crippen LogP contribution < -0.4 is 10.9 Å². The Kier molecular flexibility index (Phi) is 4.54. The van der Waals surface area contributed by atoms with Crippen LogP contribution in [0.4, 0.5) is 0 Å². The standard InChI is InChI=1S/C19H23N3O2S/c1-12(17(23)20-13-6-2-3-7-13)25-19-21-16-9-5-4-8-15(16)18(24)22(19)14-10-11-14/h4-5,8-9,12-14H,2-3,6-7,10-11H2,1H3,(H,20,23)/t12-/m0/s1. The molecule has 2 saturated carbocycles. The number of aromatic nitrogens is 2. The summed E-state index contributed by atoms with van der Waals surface area (Å²) in [5.41, 5.74) is 0.717. The lowest BCUT2D eigenvalue weighted by molar-refractivity contribution is -0.120. The van der Waals surface area contributed by atoms with Crippen molar-refractivity contribution in [1.82, 2.24) is 14.9 Å². The molecule has 2 aliphatic rings. The molecular formula is C19H23N3O2S. The fourth-order valence-electron chi connectivity index (χ4n) is 3.46. The summed E-state index contributed by atoms with van der Waals surface area (Å²) in [6.07, 6.45) is 6.56. The molecule has 6 heteroatoms. The molecule has 1 N–H and O–H groups in total. The van der Waals surface area contributed by atoms with Gasteiger partial charge in [-0.2, -0.15) is 0 Å². The molecule has 1 aromatic carbocycles. The molecule has 4 rings (SSSR count). The Morgan fingerprint density at radius 2 is 1.96 bits per heavy atom. The van der Waals surface area contributed by atoms with E-state index in [1.807, 2.05) is 31.2 Å². The van der Waals surface area contributed by atoms with Crippen molar-refractivity contribution in [2.45, 2.75) is 67.9 Å². The van der Waals surface area contributed by atoms with Gasteiger partial charge in [-0.05, 0) is 44.7 Å². The van der Waals surface area contributed by atoms with Crippen LogP contribution in [0, 0.1) is 0 Å². The molecule has 0 saturated heterocycles. The Hall–Kier alpha value is -1.82. The Balaban J connectivity index is 1.60. The number of hydrogen-bond acceptors (Lipinski definition) is 4. The maximum absolute atomic E-state index is 12.9. The first-order valence-electron chi connectivity index (χ1n) is 9.12. The van der Waals surface area contributed by atoms with Crippen molar-refractivity contribution in [3.8, 4) is 0 Å². The Labute approximate surface area is 151 Å². The van der Waals surface area contributed by atoms with E-state index in [-0.39, 0.29) is 22.8 Å². The molecule has 0 aliphatic heterocycles. The predicted molar refractivity (Wildman–Crippen MR) is 100.0 cm³/mol. The van der Waals surface area contributed by atoms with Crippen LogP contribution in [0.25, 0.3) is 10.9 Å². The van der Waals surface area contributed by atoms with E-state index in [0.29, 0.717) is 22.1 Å². The maximum Gasteiger partial charge on any atom is 0.262 e. The number of para-hydroxylation sites is 1. The Morgan fingerprint density at radius 1 is 1.24 bits per heavy atom. The topological polar surface area (TPSA) is 64.0 Å². The quantitative estimate of drug-likeness (QED) is 0.659. The van der Waals surface area contributed by atoms with Gasteiger partial charge in [0.05, 0.1) is 16.2 Å². The van der Waals surface area contributed by atoms with Gasteiger partial charge in [0.2, 0.25) is 5.91 Å². The third kappa shape index (κ3) is 3.45. The molecule has 132 valence electrons. The van der Waals surface area contributed by atoms with Crippen LogP contribution in [-0.2, 0) is 4.79 Å². The zero-order valence-electron chi connectivity index (χ0n) is 14.4. The molecule has 2 fully saturated rings. The maximum atomic E-state index is 12.9. The van der Waals surface area contributed by atoms with Gasteiger partial charge < -0.3 is 5.32 Å². The summed E-state index contributed by atoms with van der Waals surface area (Å²) in [5, 5.41) is 4.20. The van der Waals surface area contributed by atoms with Crippen molar-refractivity contribution in [1.29, 1.82) is 0 Å². The number of amides is 1. The van der Waals surface area contributed by atoms with Crippen molar-refractivity contribution in [3.63, 3.8) is 0 Å². The summed E-state index contributed by atoms with van der Waals surface area (Å²) in [6, 6.07) is 7.99. The number of thioether (sulfide) groups is 1. The van der Waals surface area contributed by atoms with Crippen LogP contribution >= 0.6 is 11.8 Å². The summed E-state index contributed by atoms with van der Waals surface area (Å²) in [5.74, 6) is 0.0432. The van der Waals surface area contributed by atoms with E-state index >= 15 is 0 Å². The smallest absolute Gasteiger partial charge is 0.262 e. The molecule has 1 atom stereocenters. The van der Waals surface area contributed by atoms with Crippen LogP contribution in [-0.4, -0.2) is 26.8 Å². The summed E-state index contributed by atoms with van der Waals surface area (Å²) in [7, 11) is 0. The van der Waals surface area contributed by atoms with Crippen molar-refractivity contribution in [3.05, 3.63) is 34.6 Å². The second kappa shape index (κ2) is 6.83. The van der Waals surface area contributed by atoms with Crippen molar-refractivity contribution in [2.75, 3.05) is 0 Å². The minimum absolute atomic E-state index is 0.0130. The van der Waals surface area contributed by atoms with Gasteiger partial charge in [-0.3, -0.25) is 14.2 Å². The molecule has 0 radical (unpaired) electrons. The molecule has 0 spiro atoms. The van der Waals surface area contributed by atoms with E-state index in [1.54, 1.807) is 4.57 Å². The molecule has 5 nitrogen and oxygen atoms in total. The number of nitrogens with one attached hydrogen (secondary N) is 1. The molecule has 0 bridgehead atoms. The molecule has 1 heterocycles. The SMILES string of the molecule is C[C@H](Sc1nc2ccccc2c(=O)n1C1CC1)C(=O)NC1CCCC1. The van der Waals surface area contributed by atoms with Gasteiger partial charge in [0.25, 0.3) is 5.56 Å². The first-order valence-corrected chi connectivity index (χ1v) is 10.00. The van der Waals surface area contributed by atoms with Gasteiger partial charge in [0, 0.05) is 12.1 Å². The minimum atomic E-state index is -0.265. The highest BCUT2D eigenvalue weighted by atomic mass is 32.2. The number of fused-ring (bicyclic) bond motifs is 1. The van der Waals surface area contributed by atoms with Crippen LogP contribution in [0.5, 0.6) is 0 Å². The van der Waals surface area contributed by atoms with E-state index in [4.69, 9.17) is 4.98 Å². The van der Waals surface area contributed by atoms with E-state index in [1.165, 1.54) is 24.6 Å².